The van der Waals surface area contributed by atoms with E-state index in [0.29, 0.717) is 25.2 Å². The van der Waals surface area contributed by atoms with E-state index in [1.165, 1.54) is 16.4 Å². The first-order valence-electron chi connectivity index (χ1n) is 6.71. The second-order valence-corrected chi connectivity index (χ2v) is 7.89. The van der Waals surface area contributed by atoms with Crippen LogP contribution in [-0.2, 0) is 10.0 Å². The molecule has 5 nitrogen and oxygen atoms in total. The van der Waals surface area contributed by atoms with Crippen molar-refractivity contribution in [3.63, 3.8) is 0 Å². The SMILES string of the molecule is Nc1cc(Cl)c(S(=O)(=O)N2CCCC(CCO)C2)c(Cl)c1. The highest BCUT2D eigenvalue weighted by molar-refractivity contribution is 7.89. The lowest BCUT2D eigenvalue weighted by atomic mass is 9.97. The first-order valence-corrected chi connectivity index (χ1v) is 8.91. The van der Waals surface area contributed by atoms with E-state index in [9.17, 15) is 8.42 Å². The Morgan fingerprint density at radius 2 is 1.95 bits per heavy atom. The highest BCUT2D eigenvalue weighted by atomic mass is 35.5. The number of rotatable bonds is 4. The average molecular weight is 353 g/mol. The van der Waals surface area contributed by atoms with E-state index < -0.39 is 10.0 Å². The molecule has 3 N–H and O–H groups in total. The molecule has 0 radical (unpaired) electrons. The maximum atomic E-state index is 12.7. The predicted octanol–water partition coefficient (Wildman–Crippen LogP) is 2.36. The van der Waals surface area contributed by atoms with Crippen LogP contribution >= 0.6 is 23.2 Å². The molecule has 1 fully saturated rings. The van der Waals surface area contributed by atoms with E-state index in [2.05, 4.69) is 0 Å². The Morgan fingerprint density at radius 3 is 2.52 bits per heavy atom. The Bertz CT molecular complexity index is 597. The Hall–Kier alpha value is -0.530. The van der Waals surface area contributed by atoms with Gasteiger partial charge in [0, 0.05) is 25.4 Å². The van der Waals surface area contributed by atoms with Gasteiger partial charge in [0.05, 0.1) is 10.0 Å². The molecule has 1 heterocycles. The molecule has 0 spiro atoms. The summed E-state index contributed by atoms with van der Waals surface area (Å²) in [6.07, 6.45) is 2.26. The molecule has 0 saturated carbocycles. The molecular weight excluding hydrogens is 335 g/mol. The van der Waals surface area contributed by atoms with Crippen molar-refractivity contribution in [3.05, 3.63) is 22.2 Å². The minimum Gasteiger partial charge on any atom is -0.399 e. The first-order chi connectivity index (χ1) is 9.86. The minimum atomic E-state index is -3.76. The average Bonchev–Trinajstić information content (AvgIpc) is 2.37. The third-order valence-electron chi connectivity index (χ3n) is 3.64. The molecule has 1 aliphatic rings. The van der Waals surface area contributed by atoms with Crippen LogP contribution in [0.2, 0.25) is 10.0 Å². The van der Waals surface area contributed by atoms with Gasteiger partial charge in [-0.2, -0.15) is 4.31 Å². The maximum absolute atomic E-state index is 12.7. The van der Waals surface area contributed by atoms with Crippen LogP contribution in [0.5, 0.6) is 0 Å². The monoisotopic (exact) mass is 352 g/mol. The van der Waals surface area contributed by atoms with E-state index in [-0.39, 0.29) is 27.5 Å². The minimum absolute atomic E-state index is 0.0317. The molecule has 2 rings (SSSR count). The molecule has 0 aromatic heterocycles. The number of halogens is 2. The van der Waals surface area contributed by atoms with Crippen molar-refractivity contribution in [1.29, 1.82) is 0 Å². The zero-order valence-electron chi connectivity index (χ0n) is 11.4. The topological polar surface area (TPSA) is 83.6 Å². The predicted molar refractivity (Wildman–Crippen MR) is 84.1 cm³/mol. The summed E-state index contributed by atoms with van der Waals surface area (Å²) in [6, 6.07) is 2.77. The Kier molecular flexibility index (Phi) is 5.38. The summed E-state index contributed by atoms with van der Waals surface area (Å²) in [6.45, 7) is 0.864. The van der Waals surface area contributed by atoms with Crippen LogP contribution in [-0.4, -0.2) is 37.5 Å². The molecular formula is C13H18Cl2N2O3S. The van der Waals surface area contributed by atoms with E-state index in [4.69, 9.17) is 34.0 Å². The lowest BCUT2D eigenvalue weighted by molar-refractivity contribution is 0.203. The molecule has 1 aromatic carbocycles. The van der Waals surface area contributed by atoms with Gasteiger partial charge in [-0.1, -0.05) is 23.2 Å². The molecule has 0 aliphatic carbocycles. The summed E-state index contributed by atoms with van der Waals surface area (Å²) >= 11 is 12.1. The molecule has 1 atom stereocenters. The molecule has 118 valence electrons. The smallest absolute Gasteiger partial charge is 0.246 e. The normalized spacial score (nSPS) is 20.6. The molecule has 1 aromatic rings. The molecule has 1 unspecified atom stereocenters. The summed E-state index contributed by atoms with van der Waals surface area (Å²) < 4.78 is 26.9. The number of aliphatic hydroxyl groups is 1. The van der Waals surface area contributed by atoms with Crippen molar-refractivity contribution < 1.29 is 13.5 Å². The standard InChI is InChI=1S/C13H18Cl2N2O3S/c14-11-6-10(16)7-12(15)13(11)21(19,20)17-4-1-2-9(8-17)3-5-18/h6-7,9,18H,1-5,8,16H2. The van der Waals surface area contributed by atoms with Crippen LogP contribution in [0.1, 0.15) is 19.3 Å². The van der Waals surface area contributed by atoms with Gasteiger partial charge >= 0.3 is 0 Å². The van der Waals surface area contributed by atoms with Crippen molar-refractivity contribution in [3.8, 4) is 0 Å². The quantitative estimate of drug-likeness (QED) is 0.814. The van der Waals surface area contributed by atoms with Crippen LogP contribution in [0, 0.1) is 5.92 Å². The number of hydrogen-bond acceptors (Lipinski definition) is 4. The fourth-order valence-electron chi connectivity index (χ4n) is 2.62. The number of benzene rings is 1. The Labute approximate surface area is 134 Å². The second-order valence-electron chi connectivity index (χ2n) is 5.20. The van der Waals surface area contributed by atoms with Crippen molar-refractivity contribution in [2.24, 2.45) is 5.92 Å². The summed E-state index contributed by atoms with van der Waals surface area (Å²) in [5, 5.41) is 9.08. The van der Waals surface area contributed by atoms with Crippen molar-refractivity contribution in [1.82, 2.24) is 4.31 Å². The fourth-order valence-corrected chi connectivity index (χ4v) is 5.35. The number of aliphatic hydroxyl groups excluding tert-OH is 1. The van der Waals surface area contributed by atoms with Crippen molar-refractivity contribution >= 4 is 38.9 Å². The van der Waals surface area contributed by atoms with Crippen LogP contribution in [0.4, 0.5) is 5.69 Å². The molecule has 1 saturated heterocycles. The lowest BCUT2D eigenvalue weighted by Crippen LogP contribution is -2.40. The molecule has 8 heteroatoms. The Balaban J connectivity index is 2.34. The maximum Gasteiger partial charge on any atom is 0.246 e. The van der Waals surface area contributed by atoms with Gasteiger partial charge in [-0.3, -0.25) is 0 Å². The van der Waals surface area contributed by atoms with Crippen LogP contribution < -0.4 is 5.73 Å². The number of nitrogens with zero attached hydrogens (tertiary/aromatic N) is 1. The van der Waals surface area contributed by atoms with Crippen LogP contribution in [0.25, 0.3) is 0 Å². The van der Waals surface area contributed by atoms with Crippen molar-refractivity contribution in [2.75, 3.05) is 25.4 Å². The molecule has 0 bridgehead atoms. The number of anilines is 1. The van der Waals surface area contributed by atoms with Gasteiger partial charge in [0.1, 0.15) is 4.90 Å². The van der Waals surface area contributed by atoms with Crippen molar-refractivity contribution in [2.45, 2.75) is 24.2 Å². The fraction of sp³-hybridized carbons (Fsp3) is 0.538. The van der Waals surface area contributed by atoms with Gasteiger partial charge < -0.3 is 10.8 Å². The number of nitrogen functional groups attached to an aromatic ring is 1. The molecule has 0 amide bonds. The van der Waals surface area contributed by atoms with Gasteiger partial charge in [-0.25, -0.2) is 8.42 Å². The number of piperidine rings is 1. The number of sulfonamides is 1. The second kappa shape index (κ2) is 6.71. The van der Waals surface area contributed by atoms with E-state index >= 15 is 0 Å². The van der Waals surface area contributed by atoms with Gasteiger partial charge in [-0.05, 0) is 37.3 Å². The third kappa shape index (κ3) is 3.63. The van der Waals surface area contributed by atoms with Crippen LogP contribution in [0.3, 0.4) is 0 Å². The van der Waals surface area contributed by atoms with Crippen LogP contribution in [0.15, 0.2) is 17.0 Å². The summed E-state index contributed by atoms with van der Waals surface area (Å²) in [5.41, 5.74) is 5.93. The highest BCUT2D eigenvalue weighted by Gasteiger charge is 2.33. The molecule has 21 heavy (non-hydrogen) atoms. The van der Waals surface area contributed by atoms with Gasteiger partial charge in [0.25, 0.3) is 0 Å². The summed E-state index contributed by atoms with van der Waals surface area (Å²) in [7, 11) is -3.76. The first kappa shape index (κ1) is 16.8. The largest absolute Gasteiger partial charge is 0.399 e. The molecule has 1 aliphatic heterocycles. The lowest BCUT2D eigenvalue weighted by Gasteiger charge is -2.32. The van der Waals surface area contributed by atoms with E-state index in [1.807, 2.05) is 0 Å². The third-order valence-corrected chi connectivity index (χ3v) is 6.43. The van der Waals surface area contributed by atoms with E-state index in [1.54, 1.807) is 0 Å². The Morgan fingerprint density at radius 1 is 1.33 bits per heavy atom. The van der Waals surface area contributed by atoms with Gasteiger partial charge in [-0.15, -0.1) is 0 Å². The zero-order chi connectivity index (χ0) is 15.6. The summed E-state index contributed by atoms with van der Waals surface area (Å²) in [4.78, 5) is -0.0929. The summed E-state index contributed by atoms with van der Waals surface area (Å²) in [5.74, 6) is 0.157. The highest BCUT2D eigenvalue weighted by Crippen LogP contribution is 2.35. The number of nitrogens with two attached hydrogens (primary N) is 1. The zero-order valence-corrected chi connectivity index (χ0v) is 13.8. The van der Waals surface area contributed by atoms with Gasteiger partial charge in [0.2, 0.25) is 10.0 Å². The number of hydrogen-bond donors (Lipinski definition) is 2. The van der Waals surface area contributed by atoms with E-state index in [0.717, 1.165) is 12.8 Å². The van der Waals surface area contributed by atoms with Gasteiger partial charge in [0.15, 0.2) is 0 Å².